The van der Waals surface area contributed by atoms with Crippen LogP contribution in [0.2, 0.25) is 0 Å². The topological polar surface area (TPSA) is 56.7 Å². The predicted molar refractivity (Wildman–Crippen MR) is 236 cm³/mol. The summed E-state index contributed by atoms with van der Waals surface area (Å²) < 4.78 is 11.4. The minimum absolute atomic E-state index is 0.602. The van der Waals surface area contributed by atoms with E-state index in [9.17, 15) is 0 Å². The van der Waals surface area contributed by atoms with Crippen molar-refractivity contribution in [2.75, 3.05) is 0 Å². The number of hydrogen-bond donors (Lipinski definition) is 0. The molecule has 4 aromatic heterocycles. The zero-order valence-electron chi connectivity index (χ0n) is 30.4. The van der Waals surface area contributed by atoms with Crippen LogP contribution in [0.4, 0.5) is 0 Å². The molecule has 8 aromatic carbocycles. The smallest absolute Gasteiger partial charge is 0.164 e. The van der Waals surface area contributed by atoms with E-state index in [2.05, 4.69) is 174 Å². The van der Waals surface area contributed by atoms with Crippen LogP contribution in [0, 0.1) is 0 Å². The lowest BCUT2D eigenvalue weighted by atomic mass is 10.0. The van der Waals surface area contributed by atoms with E-state index in [1.54, 1.807) is 11.3 Å². The highest BCUT2D eigenvalue weighted by Gasteiger charge is 2.21. The predicted octanol–water partition coefficient (Wildman–Crippen LogP) is 13.9. The van der Waals surface area contributed by atoms with E-state index in [1.807, 2.05) is 12.1 Å². The van der Waals surface area contributed by atoms with Crippen LogP contribution in [-0.2, 0) is 0 Å². The second-order valence-corrected chi connectivity index (χ2v) is 15.5. The van der Waals surface area contributed by atoms with E-state index < -0.39 is 0 Å². The van der Waals surface area contributed by atoms with Crippen LogP contribution in [0.3, 0.4) is 0 Å². The number of rotatable bonds is 5. The number of benzene rings is 8. The summed E-state index contributed by atoms with van der Waals surface area (Å²) in [7, 11) is 0. The minimum atomic E-state index is 0.602. The number of furan rings is 1. The first-order valence-electron chi connectivity index (χ1n) is 19.0. The zero-order valence-corrected chi connectivity index (χ0v) is 31.2. The molecule has 12 rings (SSSR count). The van der Waals surface area contributed by atoms with Gasteiger partial charge in [0, 0.05) is 58.7 Å². The maximum absolute atomic E-state index is 6.57. The van der Waals surface area contributed by atoms with Crippen molar-refractivity contribution >= 4 is 75.3 Å². The first kappa shape index (κ1) is 31.9. The standard InChI is InChI=1S/C51H30N4OS/c1-3-11-31(12-4-1)32-19-21-33(22-20-32)49-52-50(54-51(53-49)35-23-25-39-38-16-8-10-18-45(38)57-46(39)30-35)34-24-27-43-41(29-34)47-44(56-43)28-26-40-37-15-7-9-17-42(37)55(48(40)47)36-13-5-2-6-14-36/h1-30H. The third kappa shape index (κ3) is 5.12. The van der Waals surface area contributed by atoms with E-state index in [-0.39, 0.29) is 0 Å². The Kier molecular flexibility index (Phi) is 7.03. The molecule has 5 nitrogen and oxygen atoms in total. The van der Waals surface area contributed by atoms with Crippen molar-refractivity contribution in [1.29, 1.82) is 0 Å². The van der Waals surface area contributed by atoms with Crippen LogP contribution in [0.15, 0.2) is 186 Å². The first-order chi connectivity index (χ1) is 28.2. The van der Waals surface area contributed by atoms with Crippen LogP contribution in [-0.4, -0.2) is 19.5 Å². The summed E-state index contributed by atoms with van der Waals surface area (Å²) in [6, 6.07) is 63.8. The minimum Gasteiger partial charge on any atom is -0.456 e. The van der Waals surface area contributed by atoms with Gasteiger partial charge in [-0.2, -0.15) is 0 Å². The van der Waals surface area contributed by atoms with Gasteiger partial charge in [0.25, 0.3) is 0 Å². The first-order valence-corrected chi connectivity index (χ1v) is 19.8. The van der Waals surface area contributed by atoms with Gasteiger partial charge in [0.1, 0.15) is 11.2 Å². The van der Waals surface area contributed by atoms with E-state index in [4.69, 9.17) is 19.4 Å². The summed E-state index contributed by atoms with van der Waals surface area (Å²) in [6.07, 6.45) is 0. The monoisotopic (exact) mass is 746 g/mol. The van der Waals surface area contributed by atoms with Gasteiger partial charge in [-0.3, -0.25) is 0 Å². The second kappa shape index (κ2) is 12.6. The molecule has 0 unspecified atom stereocenters. The molecule has 0 amide bonds. The number of thiophene rings is 1. The van der Waals surface area contributed by atoms with Gasteiger partial charge < -0.3 is 8.98 Å². The molecule has 57 heavy (non-hydrogen) atoms. The maximum atomic E-state index is 6.57. The van der Waals surface area contributed by atoms with E-state index >= 15 is 0 Å². The fourth-order valence-electron chi connectivity index (χ4n) is 8.37. The SMILES string of the molecule is c1ccc(-c2ccc(-c3nc(-c4ccc5c(c4)sc4ccccc45)nc(-c4ccc5oc6ccc7c8ccccc8n(-c8ccccc8)c7c6c5c4)n3)cc2)cc1. The quantitative estimate of drug-likeness (QED) is 0.176. The summed E-state index contributed by atoms with van der Waals surface area (Å²) in [6.45, 7) is 0. The maximum Gasteiger partial charge on any atom is 0.164 e. The van der Waals surface area contributed by atoms with E-state index in [1.165, 1.54) is 36.5 Å². The molecular formula is C51H30N4OS. The van der Waals surface area contributed by atoms with E-state index in [0.29, 0.717) is 17.5 Å². The molecule has 0 saturated heterocycles. The van der Waals surface area contributed by atoms with Crippen molar-refractivity contribution < 1.29 is 4.42 Å². The molecule has 0 atom stereocenters. The molecule has 0 radical (unpaired) electrons. The molecule has 4 heterocycles. The van der Waals surface area contributed by atoms with Crippen molar-refractivity contribution in [3.8, 4) is 51.0 Å². The van der Waals surface area contributed by atoms with Gasteiger partial charge >= 0.3 is 0 Å². The van der Waals surface area contributed by atoms with Gasteiger partial charge in [-0.15, -0.1) is 11.3 Å². The molecule has 0 aliphatic rings. The molecule has 0 saturated carbocycles. The molecule has 0 fully saturated rings. The Hall–Kier alpha value is -7.41. The number of hydrogen-bond acceptors (Lipinski definition) is 5. The van der Waals surface area contributed by atoms with Crippen LogP contribution < -0.4 is 0 Å². The Balaban J connectivity index is 1.08. The molecular weight excluding hydrogens is 717 g/mol. The summed E-state index contributed by atoms with van der Waals surface area (Å²) in [5.74, 6) is 1.85. The summed E-state index contributed by atoms with van der Waals surface area (Å²) >= 11 is 1.79. The van der Waals surface area contributed by atoms with Crippen LogP contribution in [0.5, 0.6) is 0 Å². The fraction of sp³-hybridized carbons (Fsp3) is 0. The fourth-order valence-corrected chi connectivity index (χ4v) is 9.52. The van der Waals surface area contributed by atoms with Gasteiger partial charge in [0.05, 0.1) is 16.4 Å². The van der Waals surface area contributed by atoms with Crippen LogP contribution >= 0.6 is 11.3 Å². The molecule has 0 spiro atoms. The van der Waals surface area contributed by atoms with E-state index in [0.717, 1.165) is 60.9 Å². The number of para-hydroxylation sites is 2. The van der Waals surface area contributed by atoms with Crippen molar-refractivity contribution in [2.45, 2.75) is 0 Å². The Bertz CT molecular complexity index is 3510. The second-order valence-electron chi connectivity index (χ2n) is 14.4. The van der Waals surface area contributed by atoms with Crippen molar-refractivity contribution in [3.63, 3.8) is 0 Å². The van der Waals surface area contributed by atoms with Crippen LogP contribution in [0.1, 0.15) is 0 Å². The highest BCUT2D eigenvalue weighted by molar-refractivity contribution is 7.25. The van der Waals surface area contributed by atoms with Crippen molar-refractivity contribution in [2.24, 2.45) is 0 Å². The van der Waals surface area contributed by atoms with Crippen molar-refractivity contribution in [1.82, 2.24) is 19.5 Å². The zero-order chi connectivity index (χ0) is 37.5. The van der Waals surface area contributed by atoms with Gasteiger partial charge in [0.15, 0.2) is 17.5 Å². The molecule has 0 aliphatic carbocycles. The highest BCUT2D eigenvalue weighted by Crippen LogP contribution is 2.42. The number of aromatic nitrogens is 4. The third-order valence-corrected chi connectivity index (χ3v) is 12.2. The number of fused-ring (bicyclic) bond motifs is 10. The molecule has 0 N–H and O–H groups in total. The lowest BCUT2D eigenvalue weighted by molar-refractivity contribution is 0.669. The summed E-state index contributed by atoms with van der Waals surface area (Å²) in [5, 5.41) is 6.95. The average Bonchev–Trinajstić information content (AvgIpc) is 3.96. The Morgan fingerprint density at radius 1 is 0.386 bits per heavy atom. The molecule has 12 aromatic rings. The lowest BCUT2D eigenvalue weighted by Gasteiger charge is -2.10. The molecule has 266 valence electrons. The molecule has 0 bridgehead atoms. The Morgan fingerprint density at radius 2 is 0.947 bits per heavy atom. The molecule has 6 heteroatoms. The van der Waals surface area contributed by atoms with Gasteiger partial charge in [-0.1, -0.05) is 121 Å². The van der Waals surface area contributed by atoms with Crippen molar-refractivity contribution in [3.05, 3.63) is 182 Å². The normalized spacial score (nSPS) is 11.9. The Morgan fingerprint density at radius 3 is 1.75 bits per heavy atom. The van der Waals surface area contributed by atoms with Gasteiger partial charge in [-0.25, -0.2) is 15.0 Å². The third-order valence-electron chi connectivity index (χ3n) is 11.1. The molecule has 0 aliphatic heterocycles. The van der Waals surface area contributed by atoms with Gasteiger partial charge in [-0.05, 0) is 71.8 Å². The largest absolute Gasteiger partial charge is 0.456 e. The Labute approximate surface area is 330 Å². The average molecular weight is 747 g/mol. The van der Waals surface area contributed by atoms with Gasteiger partial charge in [0.2, 0.25) is 0 Å². The highest BCUT2D eigenvalue weighted by atomic mass is 32.1. The number of nitrogens with zero attached hydrogens (tertiary/aromatic N) is 4. The summed E-state index contributed by atoms with van der Waals surface area (Å²) in [4.78, 5) is 15.5. The van der Waals surface area contributed by atoms with Crippen LogP contribution in [0.25, 0.3) is 115 Å². The lowest BCUT2D eigenvalue weighted by Crippen LogP contribution is -2.00. The summed E-state index contributed by atoms with van der Waals surface area (Å²) in [5.41, 5.74) is 10.1.